The minimum atomic E-state index is -0.802. The van der Waals surface area contributed by atoms with Gasteiger partial charge in [0.05, 0.1) is 12.0 Å². The van der Waals surface area contributed by atoms with Gasteiger partial charge in [0.2, 0.25) is 17.8 Å². The van der Waals surface area contributed by atoms with Crippen LogP contribution < -0.4 is 10.6 Å². The second-order valence-corrected chi connectivity index (χ2v) is 9.84. The van der Waals surface area contributed by atoms with Crippen LogP contribution in [-0.4, -0.2) is 47.4 Å². The van der Waals surface area contributed by atoms with Gasteiger partial charge in [-0.15, -0.1) is 0 Å². The van der Waals surface area contributed by atoms with Gasteiger partial charge < -0.3 is 9.47 Å². The number of likely N-dealkylation sites (tertiary alicyclic amines) is 1. The summed E-state index contributed by atoms with van der Waals surface area (Å²) in [5, 5.41) is 4.91. The Hall–Kier alpha value is -5.25. The van der Waals surface area contributed by atoms with Crippen LogP contribution in [0.1, 0.15) is 36.5 Å². The Kier molecular flexibility index (Phi) is 11.2. The van der Waals surface area contributed by atoms with Gasteiger partial charge in [0, 0.05) is 13.5 Å². The van der Waals surface area contributed by atoms with E-state index in [4.69, 9.17) is 9.47 Å². The topological polar surface area (TPSA) is 126 Å². The first-order chi connectivity index (χ1) is 20.9. The molecule has 2 atom stereocenters. The maximum absolute atomic E-state index is 12.7. The van der Waals surface area contributed by atoms with E-state index in [1.165, 1.54) is 11.8 Å². The van der Waals surface area contributed by atoms with E-state index < -0.39 is 12.2 Å². The molecule has 4 amide bonds. The van der Waals surface area contributed by atoms with E-state index in [2.05, 4.69) is 15.6 Å². The van der Waals surface area contributed by atoms with E-state index in [0.717, 1.165) is 16.7 Å². The molecule has 3 aromatic carbocycles. The number of ether oxygens (including phenoxy) is 2. The Labute approximate surface area is 250 Å². The smallest absolute Gasteiger partial charge is 0.414 e. The average Bonchev–Trinajstić information content (AvgIpc) is 3.02. The monoisotopic (exact) mass is 582 g/mol. The fourth-order valence-corrected chi connectivity index (χ4v) is 4.55. The SMILES string of the molecule is CC(=O)N1C(=O)[C@H](CCCN=C(NC(=O)OCc2ccccc2)NC(=O)OCc2ccccc2)[C@H]1/C=C/c1ccccc1. The molecule has 4 rings (SSSR count). The number of carbonyl (C=O) groups is 4. The van der Waals surface area contributed by atoms with Crippen molar-refractivity contribution in [2.45, 2.75) is 39.0 Å². The molecule has 0 bridgehead atoms. The van der Waals surface area contributed by atoms with Gasteiger partial charge in [-0.2, -0.15) is 0 Å². The van der Waals surface area contributed by atoms with Crippen LogP contribution in [-0.2, 0) is 32.3 Å². The summed E-state index contributed by atoms with van der Waals surface area (Å²) in [6.45, 7) is 1.63. The zero-order valence-electron chi connectivity index (χ0n) is 23.8. The van der Waals surface area contributed by atoms with E-state index in [9.17, 15) is 19.2 Å². The van der Waals surface area contributed by atoms with Crippen molar-refractivity contribution in [3.63, 3.8) is 0 Å². The molecule has 0 aliphatic carbocycles. The number of hydrogen-bond donors (Lipinski definition) is 2. The van der Waals surface area contributed by atoms with Crippen LogP contribution >= 0.6 is 0 Å². The first kappa shape index (κ1) is 30.7. The average molecular weight is 583 g/mol. The molecule has 0 aromatic heterocycles. The van der Waals surface area contributed by atoms with Gasteiger partial charge in [-0.25, -0.2) is 9.59 Å². The summed E-state index contributed by atoms with van der Waals surface area (Å²) in [4.78, 5) is 55.3. The quantitative estimate of drug-likeness (QED) is 0.149. The number of hydrogen-bond acceptors (Lipinski definition) is 7. The Balaban J connectivity index is 1.35. The van der Waals surface area contributed by atoms with Crippen LogP contribution in [0.4, 0.5) is 9.59 Å². The number of benzene rings is 3. The minimum Gasteiger partial charge on any atom is -0.444 e. The summed E-state index contributed by atoms with van der Waals surface area (Å²) in [7, 11) is 0. The van der Waals surface area contributed by atoms with Crippen molar-refractivity contribution < 1.29 is 28.7 Å². The van der Waals surface area contributed by atoms with Gasteiger partial charge in [0.25, 0.3) is 0 Å². The van der Waals surface area contributed by atoms with Crippen molar-refractivity contribution >= 4 is 36.0 Å². The maximum Gasteiger partial charge on any atom is 0.414 e. The van der Waals surface area contributed by atoms with Crippen LogP contribution in [0, 0.1) is 5.92 Å². The number of nitrogens with one attached hydrogen (secondary N) is 2. The molecule has 43 heavy (non-hydrogen) atoms. The van der Waals surface area contributed by atoms with Crippen LogP contribution in [0.2, 0.25) is 0 Å². The normalized spacial score (nSPS) is 15.7. The molecule has 1 heterocycles. The van der Waals surface area contributed by atoms with Crippen molar-refractivity contribution in [1.82, 2.24) is 15.5 Å². The zero-order valence-corrected chi connectivity index (χ0v) is 23.8. The number of guanidine groups is 1. The molecule has 222 valence electrons. The molecule has 1 aliphatic heterocycles. The molecular formula is C33H34N4O6. The van der Waals surface area contributed by atoms with E-state index in [0.29, 0.717) is 12.8 Å². The predicted octanol–water partition coefficient (Wildman–Crippen LogP) is 5.06. The van der Waals surface area contributed by atoms with Crippen LogP contribution in [0.25, 0.3) is 6.08 Å². The van der Waals surface area contributed by atoms with E-state index in [1.807, 2.05) is 103 Å². The number of aliphatic imine (C=N–C) groups is 1. The summed E-state index contributed by atoms with van der Waals surface area (Å²) in [6.07, 6.45) is 3.08. The minimum absolute atomic E-state index is 0.0345. The molecule has 1 saturated heterocycles. The zero-order chi connectivity index (χ0) is 30.4. The molecule has 1 fully saturated rings. The third-order valence-corrected chi connectivity index (χ3v) is 6.70. The lowest BCUT2D eigenvalue weighted by molar-refractivity contribution is -0.162. The summed E-state index contributed by atoms with van der Waals surface area (Å²) in [5.41, 5.74) is 2.56. The third-order valence-electron chi connectivity index (χ3n) is 6.70. The van der Waals surface area contributed by atoms with Gasteiger partial charge in [-0.3, -0.25) is 30.1 Å². The largest absolute Gasteiger partial charge is 0.444 e. The molecule has 0 spiro atoms. The van der Waals surface area contributed by atoms with Gasteiger partial charge in [-0.05, 0) is 29.5 Å². The highest BCUT2D eigenvalue weighted by Crippen LogP contribution is 2.32. The van der Waals surface area contributed by atoms with Crippen molar-refractivity contribution in [2.24, 2.45) is 10.9 Å². The van der Waals surface area contributed by atoms with Crippen LogP contribution in [0.3, 0.4) is 0 Å². The first-order valence-electron chi connectivity index (χ1n) is 14.0. The number of β-lactam (4-membered cyclic amide) rings is 1. The number of alkyl carbamates (subject to hydrolysis) is 2. The van der Waals surface area contributed by atoms with Gasteiger partial charge in [-0.1, -0.05) is 103 Å². The molecule has 10 nitrogen and oxygen atoms in total. The third kappa shape index (κ3) is 9.39. The Bertz CT molecular complexity index is 1380. The highest BCUT2D eigenvalue weighted by Gasteiger charge is 2.47. The summed E-state index contributed by atoms with van der Waals surface area (Å²) < 4.78 is 10.5. The van der Waals surface area contributed by atoms with Gasteiger partial charge in [0.15, 0.2) is 0 Å². The standard InChI is InChI=1S/C33H34N4O6/c1-24(38)37-29(20-19-25-12-5-2-6-13-25)28(30(37)39)18-11-21-34-31(35-32(40)42-22-26-14-7-3-8-15-26)36-33(41)43-23-27-16-9-4-10-17-27/h2-10,12-17,19-20,28-29H,11,18,21-23H2,1H3,(H2,34,35,36,40,41)/b20-19+/t28-,29-/m1/s1. The van der Waals surface area contributed by atoms with E-state index in [-0.39, 0.29) is 49.5 Å². The lowest BCUT2D eigenvalue weighted by atomic mass is 9.83. The lowest BCUT2D eigenvalue weighted by Gasteiger charge is -2.44. The van der Waals surface area contributed by atoms with Crippen LogP contribution in [0.15, 0.2) is 102 Å². The second kappa shape index (κ2) is 15.7. The fourth-order valence-electron chi connectivity index (χ4n) is 4.55. The summed E-state index contributed by atoms with van der Waals surface area (Å²) in [6, 6.07) is 27.6. The lowest BCUT2D eigenvalue weighted by Crippen LogP contribution is -2.61. The number of imide groups is 1. The molecule has 1 aliphatic rings. The number of nitrogens with zero attached hydrogens (tertiary/aromatic N) is 2. The van der Waals surface area contributed by atoms with Gasteiger partial charge in [0.1, 0.15) is 13.2 Å². The van der Waals surface area contributed by atoms with Crippen molar-refractivity contribution in [1.29, 1.82) is 0 Å². The van der Waals surface area contributed by atoms with E-state index in [1.54, 1.807) is 0 Å². The number of carbonyl (C=O) groups excluding carboxylic acids is 4. The van der Waals surface area contributed by atoms with Crippen molar-refractivity contribution in [3.8, 4) is 0 Å². The predicted molar refractivity (Wildman–Crippen MR) is 161 cm³/mol. The van der Waals surface area contributed by atoms with Crippen molar-refractivity contribution in [3.05, 3.63) is 114 Å². The maximum atomic E-state index is 12.7. The van der Waals surface area contributed by atoms with Gasteiger partial charge >= 0.3 is 12.2 Å². The number of amides is 4. The summed E-state index contributed by atoms with van der Waals surface area (Å²) >= 11 is 0. The highest BCUT2D eigenvalue weighted by atomic mass is 16.6. The summed E-state index contributed by atoms with van der Waals surface area (Å²) in [5.74, 6) is -1.05. The fraction of sp³-hybridized carbons (Fsp3) is 0.242. The Morgan fingerprint density at radius 2 is 1.33 bits per heavy atom. The molecule has 10 heteroatoms. The van der Waals surface area contributed by atoms with E-state index >= 15 is 0 Å². The molecule has 0 unspecified atom stereocenters. The molecule has 0 saturated carbocycles. The Morgan fingerprint density at radius 3 is 1.84 bits per heavy atom. The second-order valence-electron chi connectivity index (χ2n) is 9.84. The first-order valence-corrected chi connectivity index (χ1v) is 14.0. The van der Waals surface area contributed by atoms with Crippen molar-refractivity contribution in [2.75, 3.05) is 6.54 Å². The molecular weight excluding hydrogens is 548 g/mol. The molecule has 2 N–H and O–H groups in total. The Morgan fingerprint density at radius 1 is 0.814 bits per heavy atom. The molecule has 0 radical (unpaired) electrons. The van der Waals surface area contributed by atoms with Crippen LogP contribution in [0.5, 0.6) is 0 Å². The number of rotatable bonds is 10. The molecule has 3 aromatic rings. The highest BCUT2D eigenvalue weighted by molar-refractivity contribution is 6.02.